The predicted octanol–water partition coefficient (Wildman–Crippen LogP) is 6.47. The number of aromatic nitrogens is 2. The monoisotopic (exact) mass is 459 g/mol. The third-order valence-corrected chi connectivity index (χ3v) is 5.27. The Bertz CT molecular complexity index is 1150. The van der Waals surface area contributed by atoms with E-state index < -0.39 is 0 Å². The molecule has 3 aromatic carbocycles. The first-order valence-corrected chi connectivity index (χ1v) is 10.3. The summed E-state index contributed by atoms with van der Waals surface area (Å²) in [5, 5.41) is 4.27. The molecule has 0 aliphatic carbocycles. The van der Waals surface area contributed by atoms with Gasteiger partial charge in [-0.05, 0) is 73.2 Å². The zero-order valence-electron chi connectivity index (χ0n) is 16.0. The molecular formula is C22H19Cl2N3O2S. The highest BCUT2D eigenvalue weighted by Crippen LogP contribution is 2.25. The average molecular weight is 460 g/mol. The van der Waals surface area contributed by atoms with Crippen LogP contribution in [0.1, 0.15) is 5.56 Å². The molecule has 8 heteroatoms. The summed E-state index contributed by atoms with van der Waals surface area (Å²) in [4.78, 5) is 20.0. The maximum absolute atomic E-state index is 12.2. The second kappa shape index (κ2) is 9.89. The van der Waals surface area contributed by atoms with Crippen molar-refractivity contribution in [1.82, 2.24) is 9.97 Å². The molecule has 0 saturated carbocycles. The van der Waals surface area contributed by atoms with Gasteiger partial charge in [0.15, 0.2) is 5.16 Å². The first-order valence-electron chi connectivity index (χ1n) is 8.98. The molecule has 0 saturated heterocycles. The number of nitrogens with zero attached hydrogens (tertiary/aromatic N) is 1. The Morgan fingerprint density at radius 2 is 1.73 bits per heavy atom. The van der Waals surface area contributed by atoms with Crippen molar-refractivity contribution >= 4 is 58.4 Å². The van der Waals surface area contributed by atoms with Crippen LogP contribution in [0.4, 0.5) is 5.69 Å². The number of aryl methyl sites for hydroxylation is 1. The van der Waals surface area contributed by atoms with Crippen LogP contribution in [-0.2, 0) is 4.79 Å². The second-order valence-corrected chi connectivity index (χ2v) is 7.88. The predicted molar refractivity (Wildman–Crippen MR) is 125 cm³/mol. The molecule has 2 N–H and O–H groups in total. The zero-order valence-corrected chi connectivity index (χ0v) is 18.4. The number of carbonyl (C=O) groups excluding carboxylic acids is 1. The van der Waals surface area contributed by atoms with Crippen LogP contribution in [0.15, 0.2) is 71.9 Å². The van der Waals surface area contributed by atoms with Gasteiger partial charge < -0.3 is 15.0 Å². The number of rotatable bonds is 6. The molecule has 5 nitrogen and oxygen atoms in total. The van der Waals surface area contributed by atoms with Gasteiger partial charge in [-0.15, -0.1) is 12.4 Å². The van der Waals surface area contributed by atoms with Crippen LogP contribution in [0.25, 0.3) is 11.0 Å². The van der Waals surface area contributed by atoms with Gasteiger partial charge in [-0.25, -0.2) is 4.98 Å². The third-order valence-electron chi connectivity index (χ3n) is 4.14. The first kappa shape index (κ1) is 22.0. The van der Waals surface area contributed by atoms with Crippen molar-refractivity contribution in [3.05, 3.63) is 77.3 Å². The van der Waals surface area contributed by atoms with Crippen molar-refractivity contribution in [2.75, 3.05) is 11.1 Å². The second-order valence-electron chi connectivity index (χ2n) is 6.48. The molecule has 4 aromatic rings. The lowest BCUT2D eigenvalue weighted by Gasteiger charge is -2.08. The number of halogens is 2. The van der Waals surface area contributed by atoms with E-state index in [1.54, 1.807) is 48.5 Å². The lowest BCUT2D eigenvalue weighted by atomic mass is 10.2. The standard InChI is InChI=1S/C22H18ClN3O2S.ClH/c1-14-2-11-19-20(12-14)26-22(25-19)29-13-21(27)24-16-5-9-18(10-6-16)28-17-7-3-15(23)4-8-17;/h2-12H,13H2,1H3,(H,24,27)(H,25,26);1H. The number of imidazole rings is 1. The largest absolute Gasteiger partial charge is 0.457 e. The van der Waals surface area contributed by atoms with Crippen molar-refractivity contribution < 1.29 is 9.53 Å². The molecule has 0 spiro atoms. The molecule has 154 valence electrons. The fraction of sp³-hybridized carbons (Fsp3) is 0.0909. The maximum atomic E-state index is 12.2. The molecule has 0 fully saturated rings. The molecule has 1 heterocycles. The summed E-state index contributed by atoms with van der Waals surface area (Å²) in [7, 11) is 0. The quantitative estimate of drug-likeness (QED) is 0.324. The van der Waals surface area contributed by atoms with Gasteiger partial charge in [0.1, 0.15) is 11.5 Å². The van der Waals surface area contributed by atoms with Gasteiger partial charge in [-0.3, -0.25) is 4.79 Å². The number of ether oxygens (including phenoxy) is 1. The van der Waals surface area contributed by atoms with Gasteiger partial charge in [0.05, 0.1) is 16.8 Å². The number of carbonyl (C=O) groups is 1. The van der Waals surface area contributed by atoms with E-state index in [-0.39, 0.29) is 24.1 Å². The number of anilines is 1. The van der Waals surface area contributed by atoms with Gasteiger partial charge in [-0.1, -0.05) is 29.4 Å². The third kappa shape index (κ3) is 5.69. The van der Waals surface area contributed by atoms with Crippen molar-refractivity contribution in [1.29, 1.82) is 0 Å². The number of fused-ring (bicyclic) bond motifs is 1. The van der Waals surface area contributed by atoms with Crippen molar-refractivity contribution in [3.8, 4) is 11.5 Å². The van der Waals surface area contributed by atoms with E-state index in [2.05, 4.69) is 15.3 Å². The van der Waals surface area contributed by atoms with Crippen molar-refractivity contribution in [2.45, 2.75) is 12.1 Å². The van der Waals surface area contributed by atoms with E-state index in [1.807, 2.05) is 25.1 Å². The van der Waals surface area contributed by atoms with E-state index in [0.29, 0.717) is 22.2 Å². The summed E-state index contributed by atoms with van der Waals surface area (Å²) < 4.78 is 5.75. The molecule has 0 unspecified atom stereocenters. The number of aromatic amines is 1. The van der Waals surface area contributed by atoms with Gasteiger partial charge in [0.25, 0.3) is 0 Å². The molecule has 0 aliphatic rings. The molecule has 4 rings (SSSR count). The highest BCUT2D eigenvalue weighted by molar-refractivity contribution is 7.99. The number of benzene rings is 3. The van der Waals surface area contributed by atoms with Crippen LogP contribution in [0.3, 0.4) is 0 Å². The summed E-state index contributed by atoms with van der Waals surface area (Å²) >= 11 is 7.24. The minimum Gasteiger partial charge on any atom is -0.457 e. The smallest absolute Gasteiger partial charge is 0.234 e. The molecule has 0 bridgehead atoms. The molecule has 0 radical (unpaired) electrons. The van der Waals surface area contributed by atoms with Gasteiger partial charge >= 0.3 is 0 Å². The highest BCUT2D eigenvalue weighted by Gasteiger charge is 2.08. The summed E-state index contributed by atoms with van der Waals surface area (Å²) in [5.41, 5.74) is 3.75. The van der Waals surface area contributed by atoms with Crippen LogP contribution in [0.2, 0.25) is 5.02 Å². The number of H-pyrrole nitrogens is 1. The van der Waals surface area contributed by atoms with Crippen LogP contribution in [-0.4, -0.2) is 21.6 Å². The van der Waals surface area contributed by atoms with E-state index in [9.17, 15) is 4.79 Å². The number of hydrogen-bond acceptors (Lipinski definition) is 4. The zero-order chi connectivity index (χ0) is 20.2. The topological polar surface area (TPSA) is 67.0 Å². The van der Waals surface area contributed by atoms with Crippen molar-refractivity contribution in [3.63, 3.8) is 0 Å². The highest BCUT2D eigenvalue weighted by atomic mass is 35.5. The van der Waals surface area contributed by atoms with Gasteiger partial charge in [0.2, 0.25) is 5.91 Å². The lowest BCUT2D eigenvalue weighted by Crippen LogP contribution is -2.13. The van der Waals surface area contributed by atoms with Gasteiger partial charge in [-0.2, -0.15) is 0 Å². The van der Waals surface area contributed by atoms with Gasteiger partial charge in [0, 0.05) is 10.7 Å². The van der Waals surface area contributed by atoms with Crippen molar-refractivity contribution in [2.24, 2.45) is 0 Å². The molecule has 0 atom stereocenters. The summed E-state index contributed by atoms with van der Waals surface area (Å²) in [6.07, 6.45) is 0. The fourth-order valence-corrected chi connectivity index (χ4v) is 3.56. The summed E-state index contributed by atoms with van der Waals surface area (Å²) in [6.45, 7) is 2.03. The number of hydrogen-bond donors (Lipinski definition) is 2. The summed E-state index contributed by atoms with van der Waals surface area (Å²) in [6, 6.07) is 20.4. The maximum Gasteiger partial charge on any atom is 0.234 e. The Morgan fingerprint density at radius 1 is 1.07 bits per heavy atom. The van der Waals surface area contributed by atoms with E-state index in [1.165, 1.54) is 17.3 Å². The van der Waals surface area contributed by atoms with E-state index in [4.69, 9.17) is 16.3 Å². The summed E-state index contributed by atoms with van der Waals surface area (Å²) in [5.74, 6) is 1.54. The molecule has 1 amide bonds. The van der Waals surface area contributed by atoms with Crippen LogP contribution in [0.5, 0.6) is 11.5 Å². The Hall–Kier alpha value is -2.67. The number of amides is 1. The Kier molecular flexibility index (Phi) is 7.26. The van der Waals surface area contributed by atoms with Crippen LogP contribution >= 0.6 is 35.8 Å². The van der Waals surface area contributed by atoms with Crippen LogP contribution in [0, 0.1) is 6.92 Å². The molecule has 0 aliphatic heterocycles. The SMILES string of the molecule is Cc1ccc2nc(SCC(=O)Nc3ccc(Oc4ccc(Cl)cc4)cc3)[nH]c2c1.Cl. The Morgan fingerprint density at radius 3 is 2.43 bits per heavy atom. The number of nitrogens with one attached hydrogen (secondary N) is 2. The lowest BCUT2D eigenvalue weighted by molar-refractivity contribution is -0.113. The fourth-order valence-electron chi connectivity index (χ4n) is 2.74. The molecule has 30 heavy (non-hydrogen) atoms. The first-order chi connectivity index (χ1) is 14.0. The van der Waals surface area contributed by atoms with E-state index >= 15 is 0 Å². The minimum absolute atomic E-state index is 0. The molecular weight excluding hydrogens is 441 g/mol. The number of thioether (sulfide) groups is 1. The normalized spacial score (nSPS) is 10.5. The van der Waals surface area contributed by atoms with E-state index in [0.717, 1.165) is 16.2 Å². The minimum atomic E-state index is -0.0991. The Labute approximate surface area is 189 Å². The van der Waals surface area contributed by atoms with Crippen LogP contribution < -0.4 is 10.1 Å². The molecule has 1 aromatic heterocycles. The average Bonchev–Trinajstić information content (AvgIpc) is 3.12. The Balaban J connectivity index is 0.00000256.